The molecule has 0 aromatic heterocycles. The molecule has 0 saturated carbocycles. The lowest BCUT2D eigenvalue weighted by Gasteiger charge is -2.18. The van der Waals surface area contributed by atoms with Crippen molar-refractivity contribution in [3.05, 3.63) is 0 Å². The number of carbonyl (C=O) groups is 3. The smallest absolute Gasteiger partial charge is 0.306 e. The van der Waals surface area contributed by atoms with Crippen LogP contribution in [-0.4, -0.2) is 37.2 Å². The van der Waals surface area contributed by atoms with Crippen molar-refractivity contribution in [3.8, 4) is 0 Å². The molecule has 53 heavy (non-hydrogen) atoms. The van der Waals surface area contributed by atoms with Gasteiger partial charge in [-0.15, -0.1) is 0 Å². The van der Waals surface area contributed by atoms with Gasteiger partial charge in [0.15, 0.2) is 6.10 Å². The Morgan fingerprint density at radius 1 is 0.358 bits per heavy atom. The van der Waals surface area contributed by atoms with Crippen molar-refractivity contribution in [2.75, 3.05) is 13.2 Å². The molecule has 0 N–H and O–H groups in total. The molecule has 0 aliphatic rings. The van der Waals surface area contributed by atoms with E-state index in [1.165, 1.54) is 154 Å². The molecule has 0 aliphatic heterocycles. The summed E-state index contributed by atoms with van der Waals surface area (Å²) in [5.41, 5.74) is 0. The van der Waals surface area contributed by atoms with Crippen LogP contribution < -0.4 is 0 Å². The van der Waals surface area contributed by atoms with Crippen molar-refractivity contribution in [1.82, 2.24) is 0 Å². The summed E-state index contributed by atoms with van der Waals surface area (Å²) in [6.07, 6.45) is 40.9. The lowest BCUT2D eigenvalue weighted by atomic mass is 10.0. The maximum absolute atomic E-state index is 12.7. The van der Waals surface area contributed by atoms with Gasteiger partial charge in [-0.05, 0) is 25.2 Å². The minimum atomic E-state index is -0.758. The Labute approximate surface area is 329 Å². The highest BCUT2D eigenvalue weighted by atomic mass is 16.6. The van der Waals surface area contributed by atoms with Gasteiger partial charge in [0.2, 0.25) is 0 Å². The van der Waals surface area contributed by atoms with Gasteiger partial charge in [-0.1, -0.05) is 220 Å². The van der Waals surface area contributed by atoms with Crippen molar-refractivity contribution < 1.29 is 28.6 Å². The summed E-state index contributed by atoms with van der Waals surface area (Å²) in [5.74, 6) is -0.0185. The molecular formula is C47H90O6. The fraction of sp³-hybridized carbons (Fsp3) is 0.936. The Kier molecular flexibility index (Phi) is 40.3. The van der Waals surface area contributed by atoms with E-state index in [9.17, 15) is 14.4 Å². The van der Waals surface area contributed by atoms with Gasteiger partial charge in [0, 0.05) is 19.3 Å². The van der Waals surface area contributed by atoms with Gasteiger partial charge in [-0.3, -0.25) is 14.4 Å². The van der Waals surface area contributed by atoms with Crippen LogP contribution in [0.1, 0.15) is 259 Å². The molecule has 0 spiro atoms. The summed E-state index contributed by atoms with van der Waals surface area (Å²) in [6, 6.07) is 0. The standard InChI is InChI=1S/C47H90O6/c1-5-7-9-11-13-14-15-20-24-28-32-36-40-47(50)53-44(41-51-45(48)38-34-30-25-12-10-8-6-2)42-52-46(49)39-35-31-27-23-21-18-16-17-19-22-26-29-33-37-43(3)4/h43-44H,5-42H2,1-4H3/t44-/m1/s1. The van der Waals surface area contributed by atoms with Crippen molar-refractivity contribution in [3.63, 3.8) is 0 Å². The molecule has 6 heteroatoms. The second-order valence-electron chi connectivity index (χ2n) is 16.5. The van der Waals surface area contributed by atoms with Crippen LogP contribution in [0.15, 0.2) is 0 Å². The lowest BCUT2D eigenvalue weighted by molar-refractivity contribution is -0.167. The highest BCUT2D eigenvalue weighted by molar-refractivity contribution is 5.71. The van der Waals surface area contributed by atoms with E-state index in [4.69, 9.17) is 14.2 Å². The molecule has 0 unspecified atom stereocenters. The van der Waals surface area contributed by atoms with Crippen LogP contribution in [-0.2, 0) is 28.6 Å². The van der Waals surface area contributed by atoms with E-state index in [-0.39, 0.29) is 31.1 Å². The zero-order valence-corrected chi connectivity index (χ0v) is 36.0. The Bertz CT molecular complexity index is 796. The van der Waals surface area contributed by atoms with E-state index in [1.807, 2.05) is 0 Å². The minimum Gasteiger partial charge on any atom is -0.462 e. The van der Waals surface area contributed by atoms with Crippen LogP contribution in [0, 0.1) is 5.92 Å². The first kappa shape index (κ1) is 51.4. The Morgan fingerprint density at radius 2 is 0.623 bits per heavy atom. The summed E-state index contributed by atoms with van der Waals surface area (Å²) >= 11 is 0. The van der Waals surface area contributed by atoms with Gasteiger partial charge in [0.25, 0.3) is 0 Å². The number of hydrogen-bond acceptors (Lipinski definition) is 6. The number of hydrogen-bond donors (Lipinski definition) is 0. The molecule has 0 bridgehead atoms. The Morgan fingerprint density at radius 3 is 0.925 bits per heavy atom. The lowest BCUT2D eigenvalue weighted by Crippen LogP contribution is -2.30. The fourth-order valence-corrected chi connectivity index (χ4v) is 6.98. The molecule has 1 atom stereocenters. The van der Waals surface area contributed by atoms with E-state index < -0.39 is 6.10 Å². The average molecular weight is 751 g/mol. The van der Waals surface area contributed by atoms with E-state index >= 15 is 0 Å². The first-order valence-corrected chi connectivity index (χ1v) is 23.4. The number of rotatable bonds is 42. The van der Waals surface area contributed by atoms with Gasteiger partial charge in [-0.2, -0.15) is 0 Å². The molecular weight excluding hydrogens is 661 g/mol. The van der Waals surface area contributed by atoms with E-state index in [1.54, 1.807) is 0 Å². The molecule has 6 nitrogen and oxygen atoms in total. The van der Waals surface area contributed by atoms with Crippen LogP contribution in [0.4, 0.5) is 0 Å². The second-order valence-corrected chi connectivity index (χ2v) is 16.5. The summed E-state index contributed by atoms with van der Waals surface area (Å²) in [5, 5.41) is 0. The third-order valence-corrected chi connectivity index (χ3v) is 10.5. The summed E-state index contributed by atoms with van der Waals surface area (Å²) < 4.78 is 16.7. The molecule has 0 amide bonds. The van der Waals surface area contributed by atoms with Gasteiger partial charge in [0.1, 0.15) is 13.2 Å². The summed E-state index contributed by atoms with van der Waals surface area (Å²) in [6.45, 7) is 8.97. The number of esters is 3. The van der Waals surface area contributed by atoms with Crippen LogP contribution in [0.2, 0.25) is 0 Å². The van der Waals surface area contributed by atoms with Crippen LogP contribution in [0.3, 0.4) is 0 Å². The maximum Gasteiger partial charge on any atom is 0.306 e. The summed E-state index contributed by atoms with van der Waals surface area (Å²) in [7, 11) is 0. The van der Waals surface area contributed by atoms with E-state index in [0.29, 0.717) is 19.3 Å². The molecule has 0 aliphatic carbocycles. The normalized spacial score (nSPS) is 11.9. The van der Waals surface area contributed by atoms with Gasteiger partial charge < -0.3 is 14.2 Å². The van der Waals surface area contributed by atoms with Crippen molar-refractivity contribution >= 4 is 17.9 Å². The zero-order valence-electron chi connectivity index (χ0n) is 36.0. The van der Waals surface area contributed by atoms with Crippen LogP contribution in [0.25, 0.3) is 0 Å². The van der Waals surface area contributed by atoms with Crippen molar-refractivity contribution in [2.24, 2.45) is 5.92 Å². The minimum absolute atomic E-state index is 0.0638. The topological polar surface area (TPSA) is 78.9 Å². The number of ether oxygens (including phenoxy) is 3. The van der Waals surface area contributed by atoms with Gasteiger partial charge >= 0.3 is 17.9 Å². The van der Waals surface area contributed by atoms with Crippen LogP contribution in [0.5, 0.6) is 0 Å². The predicted octanol–water partition coefficient (Wildman–Crippen LogP) is 14.7. The third kappa shape index (κ3) is 41.4. The summed E-state index contributed by atoms with van der Waals surface area (Å²) in [4.78, 5) is 37.6. The molecule has 0 fully saturated rings. The average Bonchev–Trinajstić information content (AvgIpc) is 3.14. The van der Waals surface area contributed by atoms with E-state index in [0.717, 1.165) is 63.7 Å². The first-order chi connectivity index (χ1) is 25.9. The predicted molar refractivity (Wildman–Crippen MR) is 224 cm³/mol. The molecule has 0 saturated heterocycles. The molecule has 0 aromatic carbocycles. The number of carbonyl (C=O) groups excluding carboxylic acids is 3. The SMILES string of the molecule is CCCCCCCCCCCCCCC(=O)O[C@H](COC(=O)CCCCCCCCC)COC(=O)CCCCCCCCCCCCCCCC(C)C. The molecule has 0 heterocycles. The maximum atomic E-state index is 12.7. The number of unbranched alkanes of at least 4 members (excludes halogenated alkanes) is 29. The van der Waals surface area contributed by atoms with Crippen molar-refractivity contribution in [2.45, 2.75) is 265 Å². The highest BCUT2D eigenvalue weighted by Crippen LogP contribution is 2.16. The zero-order chi connectivity index (χ0) is 38.9. The Balaban J connectivity index is 4.23. The molecule has 0 radical (unpaired) electrons. The third-order valence-electron chi connectivity index (χ3n) is 10.5. The van der Waals surface area contributed by atoms with E-state index in [2.05, 4.69) is 27.7 Å². The van der Waals surface area contributed by atoms with Gasteiger partial charge in [-0.25, -0.2) is 0 Å². The van der Waals surface area contributed by atoms with Crippen LogP contribution >= 0.6 is 0 Å². The van der Waals surface area contributed by atoms with Crippen molar-refractivity contribution in [1.29, 1.82) is 0 Å². The highest BCUT2D eigenvalue weighted by Gasteiger charge is 2.19. The Hall–Kier alpha value is -1.59. The molecule has 0 aromatic rings. The molecule has 0 rings (SSSR count). The first-order valence-electron chi connectivity index (χ1n) is 23.4. The fourth-order valence-electron chi connectivity index (χ4n) is 6.98. The quantitative estimate of drug-likeness (QED) is 0.0351. The van der Waals surface area contributed by atoms with Gasteiger partial charge in [0.05, 0.1) is 0 Å². The molecule has 314 valence electrons. The monoisotopic (exact) mass is 751 g/mol. The second kappa shape index (κ2) is 41.6. The largest absolute Gasteiger partial charge is 0.462 e.